The van der Waals surface area contributed by atoms with Crippen LogP contribution in [0.3, 0.4) is 0 Å². The highest BCUT2D eigenvalue weighted by Crippen LogP contribution is 2.29. The van der Waals surface area contributed by atoms with Gasteiger partial charge in [-0.3, -0.25) is 10.1 Å². The molecule has 4 nitrogen and oxygen atoms in total. The molecule has 2 heterocycles. The minimum atomic E-state index is 0.704. The topological polar surface area (TPSA) is 46.5 Å². The average molecular weight is 288 g/mol. The molecule has 0 atom stereocenters. The Morgan fingerprint density at radius 2 is 2.20 bits per heavy atom. The molecule has 5 heteroatoms. The minimum absolute atomic E-state index is 0.704. The van der Waals surface area contributed by atoms with E-state index < -0.39 is 0 Å². The zero-order valence-electron chi connectivity index (χ0n) is 11.6. The Balaban J connectivity index is 1.69. The van der Waals surface area contributed by atoms with Crippen molar-refractivity contribution in [2.45, 2.75) is 45.1 Å². The van der Waals surface area contributed by atoms with Gasteiger partial charge in [-0.2, -0.15) is 5.10 Å². The number of H-pyrrole nitrogens is 1. The van der Waals surface area contributed by atoms with Gasteiger partial charge in [-0.05, 0) is 43.1 Å². The average Bonchev–Trinajstić information content (AvgIpc) is 3.11. The Morgan fingerprint density at radius 1 is 1.35 bits per heavy atom. The van der Waals surface area contributed by atoms with Gasteiger partial charge in [0.05, 0.1) is 0 Å². The second-order valence-corrected chi connectivity index (χ2v) is 5.93. The number of aromatic amines is 1. The van der Waals surface area contributed by atoms with Crippen LogP contribution in [0.15, 0.2) is 24.5 Å². The highest BCUT2D eigenvalue weighted by Gasteiger charge is 2.15. The zero-order chi connectivity index (χ0) is 13.8. The number of nitrogens with one attached hydrogen (secondary N) is 1. The molecular formula is C15H20N4S. The Hall–Kier alpha value is -1.49. The molecule has 106 valence electrons. The molecule has 1 aliphatic carbocycles. The van der Waals surface area contributed by atoms with E-state index in [-0.39, 0.29) is 0 Å². The van der Waals surface area contributed by atoms with Gasteiger partial charge in [-0.1, -0.05) is 25.7 Å². The summed E-state index contributed by atoms with van der Waals surface area (Å²) in [6.45, 7) is 0.941. The van der Waals surface area contributed by atoms with Crippen LogP contribution in [0, 0.1) is 10.7 Å². The van der Waals surface area contributed by atoms with Gasteiger partial charge in [-0.25, -0.2) is 0 Å². The molecular weight excluding hydrogens is 268 g/mol. The highest BCUT2D eigenvalue weighted by molar-refractivity contribution is 7.71. The third-order valence-corrected chi connectivity index (χ3v) is 4.46. The first-order chi connectivity index (χ1) is 9.84. The van der Waals surface area contributed by atoms with E-state index in [1.807, 2.05) is 18.3 Å². The van der Waals surface area contributed by atoms with Gasteiger partial charge < -0.3 is 4.57 Å². The molecule has 1 saturated carbocycles. The standard InChI is InChI=1S/C15H20N4S/c20-15-18-17-14(13-8-3-9-16-11-13)19(15)10-4-7-12-5-1-2-6-12/h3,8-9,11-12H,1-2,4-7,10H2,(H,18,20). The van der Waals surface area contributed by atoms with Crippen LogP contribution < -0.4 is 0 Å². The fraction of sp³-hybridized carbons (Fsp3) is 0.533. The third kappa shape index (κ3) is 2.98. The summed E-state index contributed by atoms with van der Waals surface area (Å²) in [6.07, 6.45) is 11.7. The lowest BCUT2D eigenvalue weighted by Gasteiger charge is -2.10. The number of hydrogen-bond donors (Lipinski definition) is 1. The summed E-state index contributed by atoms with van der Waals surface area (Å²) in [4.78, 5) is 4.15. The molecule has 2 aromatic rings. The lowest BCUT2D eigenvalue weighted by molar-refractivity contribution is 0.458. The van der Waals surface area contributed by atoms with Gasteiger partial charge in [0.15, 0.2) is 10.6 Å². The zero-order valence-corrected chi connectivity index (χ0v) is 12.4. The summed E-state index contributed by atoms with van der Waals surface area (Å²) in [5.41, 5.74) is 1.01. The van der Waals surface area contributed by atoms with Crippen LogP contribution in [0.1, 0.15) is 38.5 Å². The van der Waals surface area contributed by atoms with Crippen molar-refractivity contribution in [1.29, 1.82) is 0 Å². The van der Waals surface area contributed by atoms with Crippen LogP contribution in [0.5, 0.6) is 0 Å². The van der Waals surface area contributed by atoms with Gasteiger partial charge >= 0.3 is 0 Å². The van der Waals surface area contributed by atoms with Crippen molar-refractivity contribution >= 4 is 12.2 Å². The number of rotatable bonds is 5. The lowest BCUT2D eigenvalue weighted by atomic mass is 10.0. The molecule has 0 unspecified atom stereocenters. The van der Waals surface area contributed by atoms with Crippen molar-refractivity contribution in [2.75, 3.05) is 0 Å². The van der Waals surface area contributed by atoms with Crippen LogP contribution in [0.2, 0.25) is 0 Å². The van der Waals surface area contributed by atoms with Crippen molar-refractivity contribution in [3.05, 3.63) is 29.3 Å². The Morgan fingerprint density at radius 3 is 2.95 bits per heavy atom. The largest absolute Gasteiger partial charge is 0.300 e. The number of pyridine rings is 1. The van der Waals surface area contributed by atoms with E-state index in [9.17, 15) is 0 Å². The second-order valence-electron chi connectivity index (χ2n) is 5.54. The van der Waals surface area contributed by atoms with Crippen molar-refractivity contribution in [1.82, 2.24) is 19.7 Å². The highest BCUT2D eigenvalue weighted by atomic mass is 32.1. The van der Waals surface area contributed by atoms with Crippen LogP contribution in [-0.4, -0.2) is 19.7 Å². The summed E-state index contributed by atoms with van der Waals surface area (Å²) in [7, 11) is 0. The molecule has 2 aromatic heterocycles. The molecule has 0 aromatic carbocycles. The first kappa shape index (κ1) is 13.5. The number of nitrogens with zero attached hydrogens (tertiary/aromatic N) is 3. The molecule has 1 fully saturated rings. The predicted molar refractivity (Wildman–Crippen MR) is 81.8 cm³/mol. The smallest absolute Gasteiger partial charge is 0.195 e. The fourth-order valence-electron chi connectivity index (χ4n) is 3.08. The molecule has 0 aliphatic heterocycles. The van der Waals surface area contributed by atoms with E-state index in [0.29, 0.717) is 4.77 Å². The SMILES string of the molecule is S=c1[nH]nc(-c2cccnc2)n1CCCC1CCCC1. The van der Waals surface area contributed by atoms with Crippen LogP contribution in [0.25, 0.3) is 11.4 Å². The van der Waals surface area contributed by atoms with E-state index in [4.69, 9.17) is 12.2 Å². The fourth-order valence-corrected chi connectivity index (χ4v) is 3.30. The normalized spacial score (nSPS) is 15.8. The maximum absolute atomic E-state index is 5.35. The second kappa shape index (κ2) is 6.31. The molecule has 3 rings (SSSR count). The van der Waals surface area contributed by atoms with Gasteiger partial charge in [0, 0.05) is 24.5 Å². The molecule has 1 aliphatic rings. The Kier molecular flexibility index (Phi) is 4.25. The minimum Gasteiger partial charge on any atom is -0.300 e. The maximum atomic E-state index is 5.35. The monoisotopic (exact) mass is 288 g/mol. The quantitative estimate of drug-likeness (QED) is 0.847. The lowest BCUT2D eigenvalue weighted by Crippen LogP contribution is -2.03. The van der Waals surface area contributed by atoms with Crippen molar-refractivity contribution in [3.8, 4) is 11.4 Å². The third-order valence-electron chi connectivity index (χ3n) is 4.15. The molecule has 0 bridgehead atoms. The molecule has 0 amide bonds. The van der Waals surface area contributed by atoms with Crippen LogP contribution >= 0.6 is 12.2 Å². The van der Waals surface area contributed by atoms with Crippen molar-refractivity contribution < 1.29 is 0 Å². The summed E-state index contributed by atoms with van der Waals surface area (Å²) < 4.78 is 2.80. The van der Waals surface area contributed by atoms with E-state index >= 15 is 0 Å². The Labute approximate surface area is 124 Å². The van der Waals surface area contributed by atoms with Crippen molar-refractivity contribution in [3.63, 3.8) is 0 Å². The van der Waals surface area contributed by atoms with Gasteiger partial charge in [0.25, 0.3) is 0 Å². The van der Waals surface area contributed by atoms with Crippen LogP contribution in [-0.2, 0) is 6.54 Å². The summed E-state index contributed by atoms with van der Waals surface area (Å²) >= 11 is 5.35. The molecule has 0 saturated heterocycles. The number of aromatic nitrogens is 4. The first-order valence-electron chi connectivity index (χ1n) is 7.40. The molecule has 20 heavy (non-hydrogen) atoms. The molecule has 0 radical (unpaired) electrons. The summed E-state index contributed by atoms with van der Waals surface area (Å²) in [6, 6.07) is 3.95. The predicted octanol–water partition coefficient (Wildman–Crippen LogP) is 3.97. The van der Waals surface area contributed by atoms with Crippen LogP contribution in [0.4, 0.5) is 0 Å². The molecule has 0 spiro atoms. The van der Waals surface area contributed by atoms with Gasteiger partial charge in [-0.15, -0.1) is 0 Å². The maximum Gasteiger partial charge on any atom is 0.195 e. The summed E-state index contributed by atoms with van der Waals surface area (Å²) in [5, 5.41) is 7.24. The van der Waals surface area contributed by atoms with Crippen molar-refractivity contribution in [2.24, 2.45) is 5.92 Å². The first-order valence-corrected chi connectivity index (χ1v) is 7.81. The van der Waals surface area contributed by atoms with Gasteiger partial charge in [0.2, 0.25) is 0 Å². The number of hydrogen-bond acceptors (Lipinski definition) is 3. The van der Waals surface area contributed by atoms with E-state index in [1.54, 1.807) is 6.20 Å². The van der Waals surface area contributed by atoms with Gasteiger partial charge in [0.1, 0.15) is 0 Å². The Bertz CT molecular complexity index is 596. The summed E-state index contributed by atoms with van der Waals surface area (Å²) in [5.74, 6) is 1.83. The van der Waals surface area contributed by atoms with E-state index in [2.05, 4.69) is 19.7 Å². The van der Waals surface area contributed by atoms with E-state index in [0.717, 1.165) is 23.9 Å². The van der Waals surface area contributed by atoms with E-state index in [1.165, 1.54) is 38.5 Å². The molecule has 1 N–H and O–H groups in total.